The molecule has 0 amide bonds. The number of allylic oxidation sites excluding steroid dienone is 4. The van der Waals surface area contributed by atoms with Crippen molar-refractivity contribution in [2.75, 3.05) is 33.1 Å². The van der Waals surface area contributed by atoms with Crippen LogP contribution in [0.15, 0.2) is 49.9 Å². The van der Waals surface area contributed by atoms with Gasteiger partial charge in [0.15, 0.2) is 0 Å². The summed E-state index contributed by atoms with van der Waals surface area (Å²) in [7, 11) is 3.65. The number of hydrogen-bond acceptors (Lipinski definition) is 12. The molecule has 5 N–H and O–H groups in total. The molecule has 0 unspecified atom stereocenters. The Morgan fingerprint density at radius 2 is 1.84 bits per heavy atom. The number of nitrogens with one attached hydrogen (secondary N) is 1. The summed E-state index contributed by atoms with van der Waals surface area (Å²) in [5.74, 6) is 1.40. The maximum Gasteiger partial charge on any atom is 0.305 e. The molecule has 1 fully saturated rings. The Bertz CT molecular complexity index is 1250. The molecular weight excluding hydrogens is 642 g/mol. The molecule has 0 bridgehead atoms. The summed E-state index contributed by atoms with van der Waals surface area (Å²) in [5, 5.41) is 13.5. The van der Waals surface area contributed by atoms with E-state index < -0.39 is 0 Å². The highest BCUT2D eigenvalue weighted by atomic mass is 35.5. The lowest BCUT2D eigenvalue weighted by atomic mass is 10.00. The highest BCUT2D eigenvalue weighted by Crippen LogP contribution is 2.34. The Labute approximate surface area is 300 Å². The normalized spacial score (nSPS) is 12.2. The van der Waals surface area contributed by atoms with Crippen molar-refractivity contribution in [1.29, 1.82) is 0 Å². The lowest BCUT2D eigenvalue weighted by molar-refractivity contribution is -0.143. The van der Waals surface area contributed by atoms with Crippen molar-refractivity contribution in [3.05, 3.63) is 46.2 Å². The molecule has 2 aromatic heterocycles. The number of nitrogen functional groups attached to an aromatic ring is 1. The van der Waals surface area contributed by atoms with Crippen LogP contribution in [0.5, 0.6) is 0 Å². The molecule has 2 aromatic rings. The maximum absolute atomic E-state index is 11.2. The first-order valence-electron chi connectivity index (χ1n) is 17.4. The van der Waals surface area contributed by atoms with Crippen LogP contribution in [0.2, 0.25) is 5.02 Å². The van der Waals surface area contributed by atoms with E-state index in [0.29, 0.717) is 53.5 Å². The van der Waals surface area contributed by atoms with Crippen LogP contribution in [0.1, 0.15) is 113 Å². The van der Waals surface area contributed by atoms with Gasteiger partial charge in [0, 0.05) is 50.1 Å². The fourth-order valence-corrected chi connectivity index (χ4v) is 4.91. The molecule has 1 aliphatic rings. The predicted octanol–water partition coefficient (Wildman–Crippen LogP) is 8.20. The number of hydrogen-bond donors (Lipinski definition) is 3. The zero-order valence-corrected chi connectivity index (χ0v) is 32.6. The second-order valence-electron chi connectivity index (χ2n) is 10.7. The number of halogens is 1. The number of anilines is 1. The minimum atomic E-state index is -0.156. The van der Waals surface area contributed by atoms with Crippen molar-refractivity contribution < 1.29 is 14.1 Å². The van der Waals surface area contributed by atoms with Crippen molar-refractivity contribution in [1.82, 2.24) is 25.5 Å². The molecule has 0 aromatic carbocycles. The SMILES string of the molecule is C=NN(CNC)C(=C(C)C)C1CCCC1.CC.CC.CCOC(=O)CCCCCc1nc(-c2ncc(N)cc2Cl)no1.CN=C/C=C(\C)N. The summed E-state index contributed by atoms with van der Waals surface area (Å²) in [5.41, 5.74) is 15.3. The van der Waals surface area contributed by atoms with E-state index in [1.165, 1.54) is 43.2 Å². The van der Waals surface area contributed by atoms with Crippen LogP contribution in [0.3, 0.4) is 0 Å². The largest absolute Gasteiger partial charge is 0.466 e. The van der Waals surface area contributed by atoms with Gasteiger partial charge in [-0.3, -0.25) is 14.8 Å². The average molecular weight is 706 g/mol. The van der Waals surface area contributed by atoms with Crippen LogP contribution >= 0.6 is 11.6 Å². The number of carbonyl (C=O) groups excluding carboxylic acids is 1. The number of pyridine rings is 1. The van der Waals surface area contributed by atoms with Crippen LogP contribution < -0.4 is 16.8 Å². The Morgan fingerprint density at radius 3 is 2.33 bits per heavy atom. The monoisotopic (exact) mass is 705 g/mol. The number of unbranched alkanes of at least 4 members (excludes halogenated alkanes) is 2. The predicted molar refractivity (Wildman–Crippen MR) is 206 cm³/mol. The third-order valence-corrected chi connectivity index (χ3v) is 6.90. The van der Waals surface area contributed by atoms with E-state index in [1.54, 1.807) is 32.3 Å². The van der Waals surface area contributed by atoms with E-state index in [-0.39, 0.29) is 5.97 Å². The second kappa shape index (κ2) is 30.3. The third-order valence-electron chi connectivity index (χ3n) is 6.62. The van der Waals surface area contributed by atoms with Crippen LogP contribution in [0.25, 0.3) is 11.5 Å². The lowest BCUT2D eigenvalue weighted by Crippen LogP contribution is -2.30. The number of hydrazone groups is 1. The lowest BCUT2D eigenvalue weighted by Gasteiger charge is -2.27. The maximum atomic E-state index is 11.2. The van der Waals surface area contributed by atoms with Crippen molar-refractivity contribution in [3.63, 3.8) is 0 Å². The minimum Gasteiger partial charge on any atom is -0.466 e. The first-order chi connectivity index (χ1) is 23.6. The summed E-state index contributed by atoms with van der Waals surface area (Å²) in [6.45, 7) is 20.8. The molecule has 0 spiro atoms. The van der Waals surface area contributed by atoms with Gasteiger partial charge in [0.1, 0.15) is 5.69 Å². The van der Waals surface area contributed by atoms with Gasteiger partial charge in [-0.25, -0.2) is 4.98 Å². The summed E-state index contributed by atoms with van der Waals surface area (Å²) < 4.78 is 10.1. The molecule has 2 heterocycles. The number of aliphatic imine (C=N–C) groups is 1. The molecule has 0 radical (unpaired) electrons. The van der Waals surface area contributed by atoms with Crippen molar-refractivity contribution in [2.24, 2.45) is 21.7 Å². The smallest absolute Gasteiger partial charge is 0.305 e. The van der Waals surface area contributed by atoms with Crippen molar-refractivity contribution >= 4 is 36.2 Å². The Balaban J connectivity index is 0. The summed E-state index contributed by atoms with van der Waals surface area (Å²) >= 11 is 6.07. The van der Waals surface area contributed by atoms with E-state index >= 15 is 0 Å². The topological polar surface area (TPSA) is 170 Å². The molecule has 3 rings (SSSR count). The summed E-state index contributed by atoms with van der Waals surface area (Å²) in [6, 6.07) is 1.59. The average Bonchev–Trinajstić information content (AvgIpc) is 3.79. The standard InChI is InChI=1S/C15H19ClN4O3.C12H23N3.C5H10N2.2C2H6/c1-2-22-13(21)7-5-3-4-6-12-19-15(20-23-12)14-11(16)8-10(17)9-18-14;1-10(2)12(11-7-5-6-8-11)15(14-4)9-13-3;1-5(6)3-4-7-2;2*1-2/h8-9H,2-7,17H2,1H3;11,13H,4-9H2,1-3H3;3-4H,6H2,1-2H3;2*1-2H3/b;;5-3+,7-4?;;. The quantitative estimate of drug-likeness (QED) is 0.0572. The van der Waals surface area contributed by atoms with Crippen molar-refractivity contribution in [2.45, 2.75) is 113 Å². The molecule has 12 nitrogen and oxygen atoms in total. The number of carbonyl (C=O) groups is 1. The molecule has 49 heavy (non-hydrogen) atoms. The zero-order valence-electron chi connectivity index (χ0n) is 31.8. The van der Waals surface area contributed by atoms with Crippen molar-refractivity contribution in [3.8, 4) is 11.5 Å². The van der Waals surface area contributed by atoms with Crippen LogP contribution in [-0.4, -0.2) is 66.4 Å². The number of aromatic nitrogens is 3. The molecule has 1 aliphatic carbocycles. The number of nitrogens with two attached hydrogens (primary N) is 2. The van der Waals surface area contributed by atoms with Gasteiger partial charge in [0.2, 0.25) is 11.7 Å². The number of aryl methyl sites for hydroxylation is 1. The third kappa shape index (κ3) is 21.0. The van der Waals surface area contributed by atoms with Crippen LogP contribution in [0, 0.1) is 5.92 Å². The van der Waals surface area contributed by atoms with Crippen LogP contribution in [-0.2, 0) is 16.0 Å². The summed E-state index contributed by atoms with van der Waals surface area (Å²) in [6.07, 6.45) is 13.8. The number of nitrogens with zero attached hydrogens (tertiary/aromatic N) is 6. The molecule has 0 atom stereocenters. The number of rotatable bonds is 14. The Hall–Kier alpha value is -3.77. The molecule has 0 aliphatic heterocycles. The van der Waals surface area contributed by atoms with Gasteiger partial charge in [0.25, 0.3) is 0 Å². The van der Waals surface area contributed by atoms with E-state index in [2.05, 4.69) is 51.1 Å². The fraction of sp³-hybridized carbons (Fsp3) is 0.611. The Morgan fingerprint density at radius 1 is 1.18 bits per heavy atom. The number of esters is 1. The van der Waals surface area contributed by atoms with E-state index in [9.17, 15) is 4.79 Å². The highest BCUT2D eigenvalue weighted by molar-refractivity contribution is 6.33. The molecule has 278 valence electrons. The minimum absolute atomic E-state index is 0.156. The van der Waals surface area contributed by atoms with E-state index in [0.717, 1.165) is 31.6 Å². The van der Waals surface area contributed by atoms with Gasteiger partial charge in [-0.2, -0.15) is 10.1 Å². The molecule has 0 saturated heterocycles. The summed E-state index contributed by atoms with van der Waals surface area (Å²) in [4.78, 5) is 23.3. The van der Waals surface area contributed by atoms with E-state index in [1.807, 2.05) is 46.7 Å². The molecule has 1 saturated carbocycles. The first-order valence-corrected chi connectivity index (χ1v) is 17.8. The van der Waals surface area contributed by atoms with Gasteiger partial charge >= 0.3 is 5.97 Å². The van der Waals surface area contributed by atoms with Gasteiger partial charge in [-0.15, -0.1) is 0 Å². The number of ether oxygens (including phenoxy) is 1. The fourth-order valence-electron chi connectivity index (χ4n) is 4.65. The van der Waals surface area contributed by atoms with Gasteiger partial charge in [-0.05, 0) is 72.6 Å². The van der Waals surface area contributed by atoms with E-state index in [4.69, 9.17) is 32.3 Å². The Kier molecular flexibility index (Phi) is 29.3. The molecule has 13 heteroatoms. The van der Waals surface area contributed by atoms with Gasteiger partial charge < -0.3 is 26.0 Å². The molecular formula is C36H64ClN9O3. The van der Waals surface area contributed by atoms with Gasteiger partial charge in [-0.1, -0.05) is 69.3 Å². The zero-order chi connectivity index (χ0) is 37.6. The second-order valence-corrected chi connectivity index (χ2v) is 11.1. The first kappa shape index (κ1) is 47.3. The van der Waals surface area contributed by atoms with Gasteiger partial charge in [0.05, 0.1) is 30.2 Å². The van der Waals surface area contributed by atoms with Crippen LogP contribution in [0.4, 0.5) is 5.69 Å². The highest BCUT2D eigenvalue weighted by Gasteiger charge is 2.24.